The van der Waals surface area contributed by atoms with Gasteiger partial charge in [-0.2, -0.15) is 5.10 Å². The third-order valence-corrected chi connectivity index (χ3v) is 7.17. The van der Waals surface area contributed by atoms with Crippen molar-refractivity contribution in [1.29, 1.82) is 0 Å². The molecule has 3 aromatic rings. The zero-order valence-electron chi connectivity index (χ0n) is 15.7. The number of aryl methyl sites for hydroxylation is 2. The molecule has 0 saturated carbocycles. The van der Waals surface area contributed by atoms with Gasteiger partial charge < -0.3 is 0 Å². The van der Waals surface area contributed by atoms with Crippen LogP contribution in [0.25, 0.3) is 0 Å². The number of hydrogen-bond donors (Lipinski definition) is 0. The number of aromatic nitrogens is 3. The molecule has 2 atom stereocenters. The van der Waals surface area contributed by atoms with Crippen molar-refractivity contribution >= 4 is 22.6 Å². The molecule has 4 nitrogen and oxygen atoms in total. The third-order valence-electron chi connectivity index (χ3n) is 4.42. The van der Waals surface area contributed by atoms with Crippen molar-refractivity contribution in [2.45, 2.75) is 54.0 Å². The molecule has 2 unspecified atom stereocenters. The van der Waals surface area contributed by atoms with E-state index in [2.05, 4.69) is 36.1 Å². The normalized spacial score (nSPS) is 13.4. The van der Waals surface area contributed by atoms with Crippen molar-refractivity contribution < 1.29 is 4.21 Å². The van der Waals surface area contributed by atoms with E-state index in [1.165, 1.54) is 10.5 Å². The van der Waals surface area contributed by atoms with Gasteiger partial charge in [0, 0.05) is 21.6 Å². The summed E-state index contributed by atoms with van der Waals surface area (Å²) >= 11 is 1.87. The van der Waals surface area contributed by atoms with Gasteiger partial charge in [0.1, 0.15) is 12.7 Å². The predicted octanol–water partition coefficient (Wildman–Crippen LogP) is 4.72. The summed E-state index contributed by atoms with van der Waals surface area (Å²) in [6, 6.07) is 16.3. The van der Waals surface area contributed by atoms with E-state index in [4.69, 9.17) is 0 Å². The molecular weight excluding hydrogens is 374 g/mol. The van der Waals surface area contributed by atoms with Crippen molar-refractivity contribution in [1.82, 2.24) is 14.8 Å². The summed E-state index contributed by atoms with van der Waals surface area (Å²) in [6.07, 6.45) is 5.29. The lowest BCUT2D eigenvalue weighted by Crippen LogP contribution is -2.05. The Bertz CT molecular complexity index is 866. The Kier molecular flexibility index (Phi) is 7.24. The molecular formula is C21H25N3OS2. The van der Waals surface area contributed by atoms with Crippen LogP contribution in [0.2, 0.25) is 0 Å². The maximum atomic E-state index is 12.9. The summed E-state index contributed by atoms with van der Waals surface area (Å²) in [4.78, 5) is 6.12. The zero-order valence-corrected chi connectivity index (χ0v) is 17.4. The Morgan fingerprint density at radius 1 is 1.19 bits per heavy atom. The zero-order chi connectivity index (χ0) is 19.1. The summed E-state index contributed by atoms with van der Waals surface area (Å²) in [5, 5.41) is 4.70. The first kappa shape index (κ1) is 19.8. The van der Waals surface area contributed by atoms with Crippen molar-refractivity contribution in [3.63, 3.8) is 0 Å². The third kappa shape index (κ3) is 5.78. The maximum Gasteiger partial charge on any atom is 0.137 e. The number of nitrogens with zero attached hydrogens (tertiary/aromatic N) is 3. The summed E-state index contributed by atoms with van der Waals surface area (Å²) < 4.78 is 14.7. The van der Waals surface area contributed by atoms with E-state index in [0.29, 0.717) is 11.0 Å². The molecule has 0 aliphatic heterocycles. The highest BCUT2D eigenvalue weighted by Gasteiger charge is 2.12. The summed E-state index contributed by atoms with van der Waals surface area (Å²) in [7, 11) is -1.04. The summed E-state index contributed by atoms with van der Waals surface area (Å²) in [5.41, 5.74) is 2.37. The molecule has 1 heterocycles. The molecule has 6 heteroatoms. The second-order valence-electron chi connectivity index (χ2n) is 6.49. The molecule has 0 aliphatic rings. The van der Waals surface area contributed by atoms with Crippen molar-refractivity contribution in [3.8, 4) is 0 Å². The minimum atomic E-state index is -1.04. The van der Waals surface area contributed by atoms with E-state index in [9.17, 15) is 4.21 Å². The Hall–Kier alpha value is -1.92. The molecule has 27 heavy (non-hydrogen) atoms. The fourth-order valence-electron chi connectivity index (χ4n) is 2.68. The molecule has 0 N–H and O–H groups in total. The Labute approximate surface area is 167 Å². The van der Waals surface area contributed by atoms with Gasteiger partial charge in [-0.05, 0) is 36.1 Å². The van der Waals surface area contributed by atoms with Crippen LogP contribution in [0.5, 0.6) is 0 Å². The van der Waals surface area contributed by atoms with Gasteiger partial charge >= 0.3 is 0 Å². The van der Waals surface area contributed by atoms with Crippen LogP contribution in [0.1, 0.15) is 31.4 Å². The first-order valence-electron chi connectivity index (χ1n) is 9.20. The van der Waals surface area contributed by atoms with E-state index in [0.717, 1.165) is 29.8 Å². The second-order valence-corrected chi connectivity index (χ2v) is 9.42. The van der Waals surface area contributed by atoms with Gasteiger partial charge in [0.2, 0.25) is 0 Å². The van der Waals surface area contributed by atoms with E-state index >= 15 is 0 Å². The molecule has 0 saturated heterocycles. The molecule has 3 rings (SSSR count). The average Bonchev–Trinajstić information content (AvgIpc) is 3.21. The van der Waals surface area contributed by atoms with Crippen molar-refractivity contribution in [2.24, 2.45) is 0 Å². The van der Waals surface area contributed by atoms with Crippen LogP contribution in [-0.4, -0.2) is 24.2 Å². The lowest BCUT2D eigenvalue weighted by Gasteiger charge is -2.15. The monoisotopic (exact) mass is 399 g/mol. The minimum Gasteiger partial charge on any atom is -0.254 e. The summed E-state index contributed by atoms with van der Waals surface area (Å²) in [5.74, 6) is 0.548. The molecule has 0 bridgehead atoms. The Balaban J connectivity index is 1.78. The van der Waals surface area contributed by atoms with Gasteiger partial charge in [-0.1, -0.05) is 50.2 Å². The molecule has 0 amide bonds. The molecule has 1 aromatic heterocycles. The standard InChI is InChI=1S/C21H25N3OS2/c1-3-17(2)26-21-13-20(27(25)14-18-7-5-4-6-8-18)10-9-19(21)11-12-24-16-22-15-23-24/h4-10,13,15-17H,3,11-12,14H2,1-2H3. The smallest absolute Gasteiger partial charge is 0.137 e. The molecule has 2 aromatic carbocycles. The Morgan fingerprint density at radius 3 is 2.70 bits per heavy atom. The highest BCUT2D eigenvalue weighted by Crippen LogP contribution is 2.31. The van der Waals surface area contributed by atoms with Crippen LogP contribution >= 0.6 is 11.8 Å². The maximum absolute atomic E-state index is 12.9. The van der Waals surface area contributed by atoms with Gasteiger partial charge in [-0.15, -0.1) is 11.8 Å². The topological polar surface area (TPSA) is 47.8 Å². The van der Waals surface area contributed by atoms with E-state index in [1.54, 1.807) is 12.7 Å². The number of thioether (sulfide) groups is 1. The van der Waals surface area contributed by atoms with Crippen molar-refractivity contribution in [3.05, 3.63) is 72.3 Å². The fourth-order valence-corrected chi connectivity index (χ4v) is 5.01. The van der Waals surface area contributed by atoms with Crippen LogP contribution in [0.3, 0.4) is 0 Å². The fraction of sp³-hybridized carbons (Fsp3) is 0.333. The molecule has 0 radical (unpaired) electrons. The van der Waals surface area contributed by atoms with Crippen LogP contribution < -0.4 is 0 Å². The molecule has 0 aliphatic carbocycles. The van der Waals surface area contributed by atoms with Crippen LogP contribution in [0.4, 0.5) is 0 Å². The van der Waals surface area contributed by atoms with Gasteiger partial charge in [0.15, 0.2) is 0 Å². The number of rotatable bonds is 9. The highest BCUT2D eigenvalue weighted by molar-refractivity contribution is 8.00. The van der Waals surface area contributed by atoms with Gasteiger partial charge in [-0.3, -0.25) is 8.89 Å². The molecule has 0 spiro atoms. The van der Waals surface area contributed by atoms with E-state index in [1.807, 2.05) is 52.8 Å². The first-order chi connectivity index (χ1) is 13.2. The van der Waals surface area contributed by atoms with Crippen molar-refractivity contribution in [2.75, 3.05) is 0 Å². The quantitative estimate of drug-likeness (QED) is 0.489. The lowest BCUT2D eigenvalue weighted by atomic mass is 10.1. The van der Waals surface area contributed by atoms with E-state index < -0.39 is 10.8 Å². The number of benzene rings is 2. The first-order valence-corrected chi connectivity index (χ1v) is 11.4. The summed E-state index contributed by atoms with van der Waals surface area (Å²) in [6.45, 7) is 5.23. The molecule has 142 valence electrons. The predicted molar refractivity (Wildman–Crippen MR) is 112 cm³/mol. The van der Waals surface area contributed by atoms with Crippen LogP contribution in [0, 0.1) is 0 Å². The molecule has 0 fully saturated rings. The number of hydrogen-bond acceptors (Lipinski definition) is 4. The lowest BCUT2D eigenvalue weighted by molar-refractivity contribution is 0.609. The van der Waals surface area contributed by atoms with Crippen LogP contribution in [0.15, 0.2) is 71.0 Å². The van der Waals surface area contributed by atoms with E-state index in [-0.39, 0.29) is 0 Å². The highest BCUT2D eigenvalue weighted by atomic mass is 32.2. The average molecular weight is 400 g/mol. The Morgan fingerprint density at radius 2 is 2.00 bits per heavy atom. The van der Waals surface area contributed by atoms with Gasteiger partial charge in [0.25, 0.3) is 0 Å². The van der Waals surface area contributed by atoms with Crippen LogP contribution in [-0.2, 0) is 29.5 Å². The SMILES string of the molecule is CCC(C)Sc1cc(S(=O)Cc2ccccc2)ccc1CCn1cncn1. The van der Waals surface area contributed by atoms with Gasteiger partial charge in [-0.25, -0.2) is 4.98 Å². The van der Waals surface area contributed by atoms with Gasteiger partial charge in [0.05, 0.1) is 16.6 Å². The minimum absolute atomic E-state index is 0.521. The largest absolute Gasteiger partial charge is 0.254 e. The second kappa shape index (κ2) is 9.85.